The van der Waals surface area contributed by atoms with E-state index in [4.69, 9.17) is 11.6 Å². The predicted molar refractivity (Wildman–Crippen MR) is 42.4 cm³/mol. The minimum atomic E-state index is 0.493. The van der Waals surface area contributed by atoms with Crippen molar-refractivity contribution in [1.82, 2.24) is 10.2 Å². The highest BCUT2D eigenvalue weighted by atomic mass is 35.5. The summed E-state index contributed by atoms with van der Waals surface area (Å²) in [5.41, 5.74) is 0. The van der Waals surface area contributed by atoms with E-state index < -0.39 is 0 Å². The highest BCUT2D eigenvalue weighted by Gasteiger charge is 1.99. The van der Waals surface area contributed by atoms with Gasteiger partial charge < -0.3 is 0 Å². The summed E-state index contributed by atoms with van der Waals surface area (Å²) >= 11 is 7.31. The van der Waals surface area contributed by atoms with Gasteiger partial charge >= 0.3 is 0 Å². The minimum absolute atomic E-state index is 0.493. The van der Waals surface area contributed by atoms with Gasteiger partial charge in [-0.3, -0.25) is 0 Å². The molecule has 0 saturated heterocycles. The van der Waals surface area contributed by atoms with E-state index in [1.54, 1.807) is 17.5 Å². The van der Waals surface area contributed by atoms with Crippen LogP contribution in [0.4, 0.5) is 0 Å². The third kappa shape index (κ3) is 0.786. The molecule has 0 spiro atoms. The van der Waals surface area contributed by atoms with Gasteiger partial charge in [-0.15, -0.1) is 16.4 Å². The lowest BCUT2D eigenvalue weighted by Gasteiger charge is -1.87. The zero-order chi connectivity index (χ0) is 6.97. The average Bonchev–Trinajstić information content (AvgIpc) is 2.36. The van der Waals surface area contributed by atoms with Crippen LogP contribution in [0, 0.1) is 0 Å². The largest absolute Gasteiger partial charge is 0.169 e. The Hall–Kier alpha value is -0.670. The Morgan fingerprint density at radius 2 is 2.40 bits per heavy atom. The molecule has 2 rings (SSSR count). The van der Waals surface area contributed by atoms with Gasteiger partial charge in [0, 0.05) is 5.39 Å². The number of nitrogens with zero attached hydrogens (tertiary/aromatic N) is 2. The van der Waals surface area contributed by atoms with Crippen molar-refractivity contribution in [3.63, 3.8) is 0 Å². The molecular weight excluding hydrogens is 168 g/mol. The Kier molecular flexibility index (Phi) is 1.32. The van der Waals surface area contributed by atoms with E-state index in [1.165, 1.54) is 0 Å². The molecule has 0 aliphatic rings. The summed E-state index contributed by atoms with van der Waals surface area (Å²) in [5.74, 6) is 0. The van der Waals surface area contributed by atoms with Crippen molar-refractivity contribution >= 4 is 33.0 Å². The zero-order valence-electron chi connectivity index (χ0n) is 4.91. The molecule has 2 nitrogen and oxygen atoms in total. The number of aromatic nitrogens is 2. The summed E-state index contributed by atoms with van der Waals surface area (Å²) in [5, 5.41) is 10.9. The fourth-order valence-corrected chi connectivity index (χ4v) is 1.81. The van der Waals surface area contributed by atoms with Crippen molar-refractivity contribution in [3.8, 4) is 0 Å². The Labute approximate surface area is 66.5 Å². The molecule has 2 aromatic heterocycles. The van der Waals surface area contributed by atoms with Crippen LogP contribution in [0.3, 0.4) is 0 Å². The highest BCUT2D eigenvalue weighted by Crippen LogP contribution is 2.24. The second-order valence-corrected chi connectivity index (χ2v) is 3.11. The third-order valence-electron chi connectivity index (χ3n) is 1.23. The number of halogens is 1. The summed E-state index contributed by atoms with van der Waals surface area (Å²) < 4.78 is 1.01. The quantitative estimate of drug-likeness (QED) is 0.607. The lowest BCUT2D eigenvalue weighted by molar-refractivity contribution is 1.05. The van der Waals surface area contributed by atoms with Gasteiger partial charge in [0.1, 0.15) is 0 Å². The molecule has 2 heterocycles. The van der Waals surface area contributed by atoms with Crippen molar-refractivity contribution in [2.24, 2.45) is 0 Å². The Morgan fingerprint density at radius 1 is 1.50 bits per heavy atom. The molecule has 0 saturated carbocycles. The Morgan fingerprint density at radius 3 is 3.20 bits per heavy atom. The van der Waals surface area contributed by atoms with Crippen LogP contribution in [-0.4, -0.2) is 10.2 Å². The maximum Gasteiger partial charge on any atom is 0.169 e. The summed E-state index contributed by atoms with van der Waals surface area (Å²) in [7, 11) is 0. The lowest BCUT2D eigenvalue weighted by atomic mass is 10.4. The van der Waals surface area contributed by atoms with Crippen LogP contribution in [0.15, 0.2) is 17.6 Å². The van der Waals surface area contributed by atoms with Gasteiger partial charge in [0.05, 0.1) is 10.9 Å². The molecule has 4 heteroatoms. The van der Waals surface area contributed by atoms with Gasteiger partial charge in [0.15, 0.2) is 5.15 Å². The van der Waals surface area contributed by atoms with Crippen molar-refractivity contribution in [1.29, 1.82) is 0 Å². The van der Waals surface area contributed by atoms with Gasteiger partial charge in [0.2, 0.25) is 0 Å². The molecule has 0 aromatic carbocycles. The van der Waals surface area contributed by atoms with Gasteiger partial charge in [0.25, 0.3) is 0 Å². The second-order valence-electron chi connectivity index (χ2n) is 1.84. The molecule has 0 fully saturated rings. The van der Waals surface area contributed by atoms with Crippen molar-refractivity contribution in [2.75, 3.05) is 0 Å². The van der Waals surface area contributed by atoms with Gasteiger partial charge in [-0.25, -0.2) is 0 Å². The average molecular weight is 171 g/mol. The van der Waals surface area contributed by atoms with E-state index in [2.05, 4.69) is 10.2 Å². The number of rotatable bonds is 0. The van der Waals surface area contributed by atoms with Crippen LogP contribution in [0.1, 0.15) is 0 Å². The predicted octanol–water partition coefficient (Wildman–Crippen LogP) is 2.34. The SMILES string of the molecule is Clc1nncc2ccsc12. The fourth-order valence-electron chi connectivity index (χ4n) is 0.776. The molecule has 0 unspecified atom stereocenters. The highest BCUT2D eigenvalue weighted by molar-refractivity contribution is 7.17. The maximum absolute atomic E-state index is 5.74. The number of hydrogen-bond donors (Lipinski definition) is 0. The molecule has 2 aromatic rings. The van der Waals surface area contributed by atoms with E-state index in [0.29, 0.717) is 5.15 Å². The van der Waals surface area contributed by atoms with E-state index in [1.807, 2.05) is 11.4 Å². The first-order chi connectivity index (χ1) is 4.88. The van der Waals surface area contributed by atoms with Crippen molar-refractivity contribution in [3.05, 3.63) is 22.8 Å². The van der Waals surface area contributed by atoms with Crippen LogP contribution < -0.4 is 0 Å². The fraction of sp³-hybridized carbons (Fsp3) is 0. The molecule has 0 N–H and O–H groups in total. The van der Waals surface area contributed by atoms with E-state index in [9.17, 15) is 0 Å². The molecule has 0 bridgehead atoms. The molecule has 0 atom stereocenters. The standard InChI is InChI=1S/C6H3ClN2S/c7-6-5-4(1-2-10-5)3-8-9-6/h1-3H. The van der Waals surface area contributed by atoms with Crippen LogP contribution in [-0.2, 0) is 0 Å². The topological polar surface area (TPSA) is 25.8 Å². The normalized spacial score (nSPS) is 10.5. The van der Waals surface area contributed by atoms with Crippen LogP contribution >= 0.6 is 22.9 Å². The summed E-state index contributed by atoms with van der Waals surface area (Å²) in [6.45, 7) is 0. The van der Waals surface area contributed by atoms with Gasteiger partial charge in [-0.2, -0.15) is 5.10 Å². The minimum Gasteiger partial charge on any atom is -0.157 e. The monoisotopic (exact) mass is 170 g/mol. The van der Waals surface area contributed by atoms with E-state index >= 15 is 0 Å². The molecule has 0 aliphatic heterocycles. The Balaban J connectivity index is 2.95. The summed E-state index contributed by atoms with van der Waals surface area (Å²) in [6.07, 6.45) is 1.71. The first-order valence-electron chi connectivity index (χ1n) is 2.72. The number of hydrogen-bond acceptors (Lipinski definition) is 3. The lowest BCUT2D eigenvalue weighted by Crippen LogP contribution is -1.77. The molecule has 50 valence electrons. The van der Waals surface area contributed by atoms with Crippen LogP contribution in [0.2, 0.25) is 5.15 Å². The molecular formula is C6H3ClN2S. The van der Waals surface area contributed by atoms with E-state index in [0.717, 1.165) is 10.1 Å². The first kappa shape index (κ1) is 6.07. The molecule has 10 heavy (non-hydrogen) atoms. The first-order valence-corrected chi connectivity index (χ1v) is 3.98. The molecule has 0 radical (unpaired) electrons. The molecule has 0 amide bonds. The smallest absolute Gasteiger partial charge is 0.157 e. The number of fused-ring (bicyclic) bond motifs is 1. The van der Waals surface area contributed by atoms with Crippen molar-refractivity contribution in [2.45, 2.75) is 0 Å². The second kappa shape index (κ2) is 2.18. The number of thiophene rings is 1. The van der Waals surface area contributed by atoms with Crippen molar-refractivity contribution < 1.29 is 0 Å². The third-order valence-corrected chi connectivity index (χ3v) is 2.54. The van der Waals surface area contributed by atoms with Gasteiger partial charge in [-0.1, -0.05) is 11.6 Å². The Bertz CT molecular complexity index is 357. The summed E-state index contributed by atoms with van der Waals surface area (Å²) in [6, 6.07) is 1.97. The van der Waals surface area contributed by atoms with Gasteiger partial charge in [-0.05, 0) is 11.4 Å². The summed E-state index contributed by atoms with van der Waals surface area (Å²) in [4.78, 5) is 0. The maximum atomic E-state index is 5.74. The zero-order valence-corrected chi connectivity index (χ0v) is 6.49. The van der Waals surface area contributed by atoms with E-state index in [-0.39, 0.29) is 0 Å². The van der Waals surface area contributed by atoms with Crippen LogP contribution in [0.25, 0.3) is 10.1 Å². The van der Waals surface area contributed by atoms with Crippen LogP contribution in [0.5, 0.6) is 0 Å². The molecule has 0 aliphatic carbocycles.